The highest BCUT2D eigenvalue weighted by molar-refractivity contribution is 8.02. The summed E-state index contributed by atoms with van der Waals surface area (Å²) in [4.78, 5) is 24.2. The Balaban J connectivity index is 1.60. The van der Waals surface area contributed by atoms with Gasteiger partial charge < -0.3 is 10.1 Å². The molecule has 1 aromatic carbocycles. The fraction of sp³-hybridized carbons (Fsp3) is 0.474. The van der Waals surface area contributed by atoms with E-state index >= 15 is 0 Å². The van der Waals surface area contributed by atoms with Crippen molar-refractivity contribution in [3.05, 3.63) is 24.3 Å². The van der Waals surface area contributed by atoms with Crippen LogP contribution in [0.3, 0.4) is 0 Å². The van der Waals surface area contributed by atoms with Gasteiger partial charge in [-0.1, -0.05) is 35.6 Å². The third-order valence-corrected chi connectivity index (χ3v) is 8.51. The van der Waals surface area contributed by atoms with Crippen LogP contribution < -0.4 is 10.6 Å². The number of nitrogens with zero attached hydrogens (tertiary/aromatic N) is 3. The molecule has 2 aromatic rings. The summed E-state index contributed by atoms with van der Waals surface area (Å²) in [5.74, 6) is -0.308. The van der Waals surface area contributed by atoms with Crippen LogP contribution in [0.15, 0.2) is 33.5 Å². The van der Waals surface area contributed by atoms with Crippen LogP contribution in [0.5, 0.6) is 0 Å². The summed E-state index contributed by atoms with van der Waals surface area (Å²) in [6, 6.07) is 6.28. The number of sulfonamides is 1. The van der Waals surface area contributed by atoms with E-state index in [1.165, 1.54) is 28.2 Å². The molecule has 1 aromatic heterocycles. The van der Waals surface area contributed by atoms with E-state index in [4.69, 9.17) is 4.74 Å². The zero-order chi connectivity index (χ0) is 23.1. The van der Waals surface area contributed by atoms with Crippen LogP contribution in [0, 0.1) is 0 Å². The molecule has 10 nitrogen and oxygen atoms in total. The molecule has 1 fully saturated rings. The van der Waals surface area contributed by atoms with Crippen LogP contribution in [-0.2, 0) is 19.6 Å². The second-order valence-corrected chi connectivity index (χ2v) is 11.5. The van der Waals surface area contributed by atoms with Gasteiger partial charge in [0.1, 0.15) is 0 Å². The Labute approximate surface area is 195 Å². The standard InChI is InChI=1S/C19H25N5O5S3/c1-3-29-18(26)21-17-22-23-19(31-17)30-13(2)16(25)20-14-8-7-9-15(12-14)32(27,28)24-10-5-4-6-11-24/h7-9,12-13H,3-6,10-11H2,1-2H3,(H,20,25)(H,21,22,26). The van der Waals surface area contributed by atoms with Crippen molar-refractivity contribution in [3.8, 4) is 0 Å². The van der Waals surface area contributed by atoms with E-state index in [1.807, 2.05) is 0 Å². The lowest BCUT2D eigenvalue weighted by molar-refractivity contribution is -0.115. The van der Waals surface area contributed by atoms with E-state index in [-0.39, 0.29) is 22.5 Å². The Hall–Kier alpha value is -2.22. The molecule has 32 heavy (non-hydrogen) atoms. The van der Waals surface area contributed by atoms with Crippen molar-refractivity contribution in [1.29, 1.82) is 0 Å². The normalized spacial score (nSPS) is 15.7. The summed E-state index contributed by atoms with van der Waals surface area (Å²) >= 11 is 2.30. The van der Waals surface area contributed by atoms with Crippen molar-refractivity contribution < 1.29 is 22.7 Å². The average Bonchev–Trinajstić information content (AvgIpc) is 3.21. The molecule has 13 heteroatoms. The molecule has 2 heterocycles. The van der Waals surface area contributed by atoms with Crippen molar-refractivity contribution in [3.63, 3.8) is 0 Å². The zero-order valence-corrected chi connectivity index (χ0v) is 20.2. The molecular formula is C19H25N5O5S3. The number of aromatic nitrogens is 2. The van der Waals surface area contributed by atoms with Crippen LogP contribution in [0.4, 0.5) is 15.6 Å². The molecule has 174 valence electrons. The molecule has 1 aliphatic heterocycles. The van der Waals surface area contributed by atoms with Crippen LogP contribution in [0.25, 0.3) is 0 Å². The molecule has 2 N–H and O–H groups in total. The van der Waals surface area contributed by atoms with Gasteiger partial charge in [-0.15, -0.1) is 10.2 Å². The number of thioether (sulfide) groups is 1. The Morgan fingerprint density at radius 2 is 1.97 bits per heavy atom. The Morgan fingerprint density at radius 1 is 1.22 bits per heavy atom. The van der Waals surface area contributed by atoms with Gasteiger partial charge in [0, 0.05) is 18.8 Å². The highest BCUT2D eigenvalue weighted by Crippen LogP contribution is 2.30. The van der Waals surface area contributed by atoms with Crippen LogP contribution in [0.1, 0.15) is 33.1 Å². The van der Waals surface area contributed by atoms with Crippen molar-refractivity contribution in [2.24, 2.45) is 0 Å². The van der Waals surface area contributed by atoms with E-state index in [2.05, 4.69) is 20.8 Å². The van der Waals surface area contributed by atoms with Crippen molar-refractivity contribution >= 4 is 55.9 Å². The molecular weight excluding hydrogens is 474 g/mol. The first-order valence-electron chi connectivity index (χ1n) is 10.1. The van der Waals surface area contributed by atoms with Crippen LogP contribution in [-0.4, -0.2) is 59.9 Å². The minimum atomic E-state index is -3.59. The maximum Gasteiger partial charge on any atom is 0.413 e. The predicted octanol–water partition coefficient (Wildman–Crippen LogP) is 3.40. The van der Waals surface area contributed by atoms with Gasteiger partial charge in [-0.2, -0.15) is 4.31 Å². The number of piperidine rings is 1. The maximum absolute atomic E-state index is 12.9. The third kappa shape index (κ3) is 6.40. The Morgan fingerprint density at radius 3 is 2.69 bits per heavy atom. The predicted molar refractivity (Wildman–Crippen MR) is 124 cm³/mol. The van der Waals surface area contributed by atoms with E-state index in [9.17, 15) is 18.0 Å². The lowest BCUT2D eigenvalue weighted by Gasteiger charge is -2.26. The highest BCUT2D eigenvalue weighted by atomic mass is 32.2. The number of rotatable bonds is 8. The number of ether oxygens (including phenoxy) is 1. The number of carbonyl (C=O) groups is 2. The van der Waals surface area contributed by atoms with Gasteiger partial charge in [-0.3, -0.25) is 10.1 Å². The van der Waals surface area contributed by atoms with Gasteiger partial charge in [-0.05, 0) is 44.9 Å². The summed E-state index contributed by atoms with van der Waals surface area (Å²) in [7, 11) is -3.59. The van der Waals surface area contributed by atoms with Crippen molar-refractivity contribution in [2.75, 3.05) is 30.3 Å². The number of hydrogen-bond acceptors (Lipinski definition) is 9. The molecule has 0 saturated carbocycles. The van der Waals surface area contributed by atoms with Crippen molar-refractivity contribution in [2.45, 2.75) is 47.6 Å². The smallest absolute Gasteiger partial charge is 0.413 e. The monoisotopic (exact) mass is 499 g/mol. The van der Waals surface area contributed by atoms with E-state index in [0.717, 1.165) is 30.6 Å². The van der Waals surface area contributed by atoms with Gasteiger partial charge in [-0.25, -0.2) is 13.2 Å². The second kappa shape index (κ2) is 11.1. The fourth-order valence-corrected chi connectivity index (χ4v) is 6.44. The number of anilines is 2. The largest absolute Gasteiger partial charge is 0.450 e. The lowest BCUT2D eigenvalue weighted by Crippen LogP contribution is -2.35. The minimum Gasteiger partial charge on any atom is -0.450 e. The fourth-order valence-electron chi connectivity index (χ4n) is 3.00. The van der Waals surface area contributed by atoms with Gasteiger partial charge in [0.25, 0.3) is 0 Å². The van der Waals surface area contributed by atoms with E-state index < -0.39 is 21.4 Å². The number of hydrogen-bond donors (Lipinski definition) is 2. The molecule has 1 unspecified atom stereocenters. The molecule has 1 atom stereocenters. The number of amides is 2. The second-order valence-electron chi connectivity index (χ2n) is 6.96. The Kier molecular flexibility index (Phi) is 8.45. The summed E-state index contributed by atoms with van der Waals surface area (Å²) in [6.45, 7) is 4.67. The van der Waals surface area contributed by atoms with Gasteiger partial charge in [0.15, 0.2) is 4.34 Å². The van der Waals surface area contributed by atoms with Crippen LogP contribution >= 0.6 is 23.1 Å². The summed E-state index contributed by atoms with van der Waals surface area (Å²) < 4.78 is 32.5. The number of nitrogens with one attached hydrogen (secondary N) is 2. The third-order valence-electron chi connectivity index (χ3n) is 4.59. The lowest BCUT2D eigenvalue weighted by atomic mass is 10.2. The SMILES string of the molecule is CCOC(=O)Nc1nnc(SC(C)C(=O)Nc2cccc(S(=O)(=O)N3CCCCC3)c2)s1. The highest BCUT2D eigenvalue weighted by Gasteiger charge is 2.26. The summed E-state index contributed by atoms with van der Waals surface area (Å²) in [5, 5.41) is 12.8. The molecule has 0 spiro atoms. The topological polar surface area (TPSA) is 131 Å². The first-order chi connectivity index (χ1) is 15.3. The van der Waals surface area contributed by atoms with E-state index in [1.54, 1.807) is 26.0 Å². The maximum atomic E-state index is 12.9. The molecule has 2 amide bonds. The molecule has 1 aliphatic rings. The molecule has 3 rings (SSSR count). The Bertz CT molecular complexity index is 1050. The van der Waals surface area contributed by atoms with Gasteiger partial charge in [0.05, 0.1) is 16.8 Å². The van der Waals surface area contributed by atoms with Crippen molar-refractivity contribution in [1.82, 2.24) is 14.5 Å². The average molecular weight is 500 g/mol. The zero-order valence-electron chi connectivity index (χ0n) is 17.7. The number of benzene rings is 1. The van der Waals surface area contributed by atoms with E-state index in [0.29, 0.717) is 23.1 Å². The van der Waals surface area contributed by atoms with Gasteiger partial charge in [0.2, 0.25) is 21.1 Å². The molecule has 0 bridgehead atoms. The minimum absolute atomic E-state index is 0.163. The molecule has 0 radical (unpaired) electrons. The number of carbonyl (C=O) groups excluding carboxylic acids is 2. The summed E-state index contributed by atoms with van der Waals surface area (Å²) in [6.07, 6.45) is 2.12. The quantitative estimate of drug-likeness (QED) is 0.417. The summed E-state index contributed by atoms with van der Waals surface area (Å²) in [5.41, 5.74) is 0.405. The molecule has 1 saturated heterocycles. The first-order valence-corrected chi connectivity index (χ1v) is 13.3. The van der Waals surface area contributed by atoms with Gasteiger partial charge >= 0.3 is 6.09 Å². The van der Waals surface area contributed by atoms with Crippen LogP contribution in [0.2, 0.25) is 0 Å². The molecule has 0 aliphatic carbocycles. The first kappa shape index (κ1) is 24.4.